The molecule has 0 saturated heterocycles. The van der Waals surface area contributed by atoms with Crippen molar-refractivity contribution in [1.82, 2.24) is 0 Å². The lowest BCUT2D eigenvalue weighted by atomic mass is 10.0. The number of carbonyl (C=O) groups excluding carboxylic acids is 1. The number of aldehydes is 1. The smallest absolute Gasteiger partial charge is 0.321 e. The van der Waals surface area contributed by atoms with Gasteiger partial charge in [0.25, 0.3) is 0 Å². The number of carbonyl (C=O) groups is 3. The molecule has 11 heteroatoms. The second-order valence-electron chi connectivity index (χ2n) is 3.90. The summed E-state index contributed by atoms with van der Waals surface area (Å²) in [4.78, 5) is 29.5. The molecule has 5 atom stereocenters. The van der Waals surface area contributed by atoms with Crippen LogP contribution in [0.4, 0.5) is 0 Å². The van der Waals surface area contributed by atoms with Crippen molar-refractivity contribution in [3.8, 4) is 0 Å². The average molecular weight is 313 g/mol. The summed E-state index contributed by atoms with van der Waals surface area (Å²) in [7, 11) is 0. The molecule has 0 radical (unpaired) electrons. The van der Waals surface area contributed by atoms with Crippen LogP contribution in [0.3, 0.4) is 0 Å². The number of aliphatic hydroxyl groups is 5. The quantitative estimate of drug-likeness (QED) is 0.199. The van der Waals surface area contributed by atoms with E-state index in [1.807, 2.05) is 0 Å². The van der Waals surface area contributed by atoms with Crippen molar-refractivity contribution in [2.75, 3.05) is 6.61 Å². The lowest BCUT2D eigenvalue weighted by Crippen LogP contribution is -2.46. The van der Waals surface area contributed by atoms with Gasteiger partial charge in [-0.3, -0.25) is 9.59 Å². The molecule has 0 amide bonds. The van der Waals surface area contributed by atoms with Gasteiger partial charge in [0.15, 0.2) is 6.29 Å². The fourth-order valence-corrected chi connectivity index (χ4v) is 0.894. The van der Waals surface area contributed by atoms with E-state index in [2.05, 4.69) is 0 Å². The Labute approximate surface area is 118 Å². The summed E-state index contributed by atoms with van der Waals surface area (Å²) in [5, 5.41) is 59.6. The minimum Gasteiger partial charge on any atom is -0.481 e. The van der Waals surface area contributed by atoms with Gasteiger partial charge in [-0.1, -0.05) is 0 Å². The van der Waals surface area contributed by atoms with Crippen molar-refractivity contribution in [1.29, 1.82) is 0 Å². The van der Waals surface area contributed by atoms with Gasteiger partial charge in [0.1, 0.15) is 30.5 Å². The van der Waals surface area contributed by atoms with Crippen LogP contribution < -0.4 is 5.73 Å². The van der Waals surface area contributed by atoms with Crippen LogP contribution >= 0.6 is 0 Å². The Morgan fingerprint density at radius 3 is 1.76 bits per heavy atom. The molecule has 11 nitrogen and oxygen atoms in total. The molecule has 0 aromatic carbocycles. The van der Waals surface area contributed by atoms with E-state index in [0.29, 0.717) is 0 Å². The number of aliphatic hydroxyl groups excluding tert-OH is 5. The molecular formula is C10H19NO10. The maximum Gasteiger partial charge on any atom is 0.321 e. The third-order valence-corrected chi connectivity index (χ3v) is 2.13. The summed E-state index contributed by atoms with van der Waals surface area (Å²) in [6.07, 6.45) is -7.37. The normalized spacial score (nSPS) is 17.4. The van der Waals surface area contributed by atoms with E-state index in [1.165, 1.54) is 0 Å². The van der Waals surface area contributed by atoms with Gasteiger partial charge in [-0.2, -0.15) is 0 Å². The highest BCUT2D eigenvalue weighted by atomic mass is 16.4. The highest BCUT2D eigenvalue weighted by Crippen LogP contribution is 2.02. The SMILES string of the molecule is NC(CC(=O)O)C(=O)O.O=CC(O)C(O)C(O)C(O)CO. The van der Waals surface area contributed by atoms with Gasteiger partial charge in [-0.05, 0) is 0 Å². The summed E-state index contributed by atoms with van der Waals surface area (Å²) in [6.45, 7) is -0.760. The number of hydrogen-bond acceptors (Lipinski definition) is 9. The van der Waals surface area contributed by atoms with Gasteiger partial charge in [-0.15, -0.1) is 0 Å². The summed E-state index contributed by atoms with van der Waals surface area (Å²) in [5.41, 5.74) is 4.84. The molecule has 21 heavy (non-hydrogen) atoms. The zero-order valence-electron chi connectivity index (χ0n) is 10.8. The van der Waals surface area contributed by atoms with Crippen molar-refractivity contribution in [2.24, 2.45) is 5.73 Å². The maximum absolute atomic E-state index is 9.90. The number of rotatable bonds is 8. The Kier molecular flexibility index (Phi) is 11.4. The molecule has 0 rings (SSSR count). The van der Waals surface area contributed by atoms with Crippen LogP contribution in [0.15, 0.2) is 0 Å². The van der Waals surface area contributed by atoms with Crippen LogP contribution in [-0.4, -0.2) is 91.0 Å². The van der Waals surface area contributed by atoms with E-state index in [1.54, 1.807) is 0 Å². The molecule has 0 saturated carbocycles. The van der Waals surface area contributed by atoms with Crippen LogP contribution in [-0.2, 0) is 14.4 Å². The highest BCUT2D eigenvalue weighted by molar-refractivity contribution is 5.80. The predicted octanol–water partition coefficient (Wildman–Crippen LogP) is -4.51. The van der Waals surface area contributed by atoms with Crippen LogP contribution in [0, 0.1) is 0 Å². The molecule has 5 unspecified atom stereocenters. The van der Waals surface area contributed by atoms with E-state index >= 15 is 0 Å². The minimum absolute atomic E-state index is 0.0258. The van der Waals surface area contributed by atoms with Crippen molar-refractivity contribution < 1.29 is 50.1 Å². The summed E-state index contributed by atoms with van der Waals surface area (Å²) < 4.78 is 0. The standard InChI is InChI=1S/C6H12O6.C4H7NO4/c7-1-3(9)5(11)6(12)4(10)2-8;5-2(4(8)9)1-3(6)7/h1,3-6,8-12H,2H2;2H,1,5H2,(H,6,7)(H,8,9). The molecule has 0 fully saturated rings. The first kappa shape index (κ1) is 21.7. The molecule has 0 bridgehead atoms. The molecule has 0 aliphatic heterocycles. The largest absolute Gasteiger partial charge is 0.481 e. The molecule has 0 aromatic heterocycles. The van der Waals surface area contributed by atoms with Crippen molar-refractivity contribution in [3.05, 3.63) is 0 Å². The third-order valence-electron chi connectivity index (χ3n) is 2.13. The molecule has 9 N–H and O–H groups in total. The van der Waals surface area contributed by atoms with E-state index in [9.17, 15) is 14.4 Å². The Morgan fingerprint density at radius 2 is 1.52 bits per heavy atom. The fraction of sp³-hybridized carbons (Fsp3) is 0.700. The zero-order valence-corrected chi connectivity index (χ0v) is 10.8. The van der Waals surface area contributed by atoms with E-state index < -0.39 is 55.4 Å². The molecule has 0 aromatic rings. The second kappa shape index (κ2) is 11.1. The van der Waals surface area contributed by atoms with Crippen LogP contribution in [0.25, 0.3) is 0 Å². The lowest BCUT2D eigenvalue weighted by Gasteiger charge is -2.22. The zero-order chi connectivity index (χ0) is 17.2. The Hall–Kier alpha value is -1.63. The van der Waals surface area contributed by atoms with Gasteiger partial charge in [0, 0.05) is 0 Å². The topological polar surface area (TPSA) is 219 Å². The van der Waals surface area contributed by atoms with E-state index in [0.717, 1.165) is 0 Å². The molecule has 0 spiro atoms. The van der Waals surface area contributed by atoms with Crippen LogP contribution in [0.5, 0.6) is 0 Å². The van der Waals surface area contributed by atoms with Gasteiger partial charge < -0.3 is 46.3 Å². The number of carboxylic acids is 2. The molecule has 124 valence electrons. The molecular weight excluding hydrogens is 294 g/mol. The van der Waals surface area contributed by atoms with Gasteiger partial charge in [0.2, 0.25) is 0 Å². The second-order valence-corrected chi connectivity index (χ2v) is 3.90. The Balaban J connectivity index is 0. The number of hydrogen-bond donors (Lipinski definition) is 8. The summed E-state index contributed by atoms with van der Waals surface area (Å²) in [6, 6.07) is -1.29. The first-order chi connectivity index (χ1) is 9.58. The fourth-order valence-electron chi connectivity index (χ4n) is 0.894. The number of carboxylic acid groups (broad SMARTS) is 2. The van der Waals surface area contributed by atoms with Crippen LogP contribution in [0.1, 0.15) is 6.42 Å². The first-order valence-electron chi connectivity index (χ1n) is 5.57. The van der Waals surface area contributed by atoms with Gasteiger partial charge in [-0.25, -0.2) is 0 Å². The first-order valence-corrected chi connectivity index (χ1v) is 5.57. The Bertz CT molecular complexity index is 336. The van der Waals surface area contributed by atoms with Gasteiger partial charge >= 0.3 is 11.9 Å². The highest BCUT2D eigenvalue weighted by Gasteiger charge is 2.29. The monoisotopic (exact) mass is 313 g/mol. The lowest BCUT2D eigenvalue weighted by molar-refractivity contribution is -0.144. The van der Waals surface area contributed by atoms with Crippen molar-refractivity contribution in [3.63, 3.8) is 0 Å². The van der Waals surface area contributed by atoms with E-state index in [4.69, 9.17) is 41.5 Å². The summed E-state index contributed by atoms with van der Waals surface area (Å²) in [5.74, 6) is -2.50. The van der Waals surface area contributed by atoms with Crippen molar-refractivity contribution >= 4 is 18.2 Å². The number of aliphatic carboxylic acids is 2. The van der Waals surface area contributed by atoms with Gasteiger partial charge in [0.05, 0.1) is 13.0 Å². The molecule has 0 aliphatic carbocycles. The van der Waals surface area contributed by atoms with E-state index in [-0.39, 0.29) is 6.29 Å². The maximum atomic E-state index is 9.90. The predicted molar refractivity (Wildman–Crippen MR) is 65.0 cm³/mol. The third kappa shape index (κ3) is 9.84. The van der Waals surface area contributed by atoms with Crippen molar-refractivity contribution in [2.45, 2.75) is 36.9 Å². The van der Waals surface area contributed by atoms with Crippen LogP contribution in [0.2, 0.25) is 0 Å². The summed E-state index contributed by atoms with van der Waals surface area (Å²) >= 11 is 0. The Morgan fingerprint density at radius 1 is 1.05 bits per heavy atom. The number of nitrogens with two attached hydrogens (primary N) is 1. The minimum atomic E-state index is -1.79. The molecule has 0 aliphatic rings. The molecule has 0 heterocycles. The average Bonchev–Trinajstić information content (AvgIpc) is 2.43.